The Labute approximate surface area is 126 Å². The minimum Gasteiger partial charge on any atom is -0.489 e. The first-order valence-corrected chi connectivity index (χ1v) is 7.09. The van der Waals surface area contributed by atoms with E-state index in [2.05, 4.69) is 6.58 Å². The Kier molecular flexibility index (Phi) is 5.33. The minimum absolute atomic E-state index is 0.0165. The Balaban J connectivity index is 2.10. The molecule has 0 amide bonds. The van der Waals surface area contributed by atoms with Gasteiger partial charge >= 0.3 is 0 Å². The van der Waals surface area contributed by atoms with Gasteiger partial charge in [0.15, 0.2) is 0 Å². The number of carbonyl (C=O) groups is 1. The van der Waals surface area contributed by atoms with Gasteiger partial charge in [0.05, 0.1) is 0 Å². The van der Waals surface area contributed by atoms with Crippen molar-refractivity contribution in [1.82, 2.24) is 0 Å². The topological polar surface area (TPSA) is 26.3 Å². The van der Waals surface area contributed by atoms with Crippen molar-refractivity contribution >= 4 is 6.29 Å². The van der Waals surface area contributed by atoms with E-state index in [0.29, 0.717) is 6.61 Å². The zero-order valence-electron chi connectivity index (χ0n) is 12.2. The summed E-state index contributed by atoms with van der Waals surface area (Å²) < 4.78 is 5.82. The van der Waals surface area contributed by atoms with E-state index in [1.807, 2.05) is 67.6 Å². The lowest BCUT2D eigenvalue weighted by molar-refractivity contribution is -0.110. The van der Waals surface area contributed by atoms with Crippen molar-refractivity contribution in [3.63, 3.8) is 0 Å². The summed E-state index contributed by atoms with van der Waals surface area (Å²) in [7, 11) is 0. The molecular formula is C19H20O2. The summed E-state index contributed by atoms with van der Waals surface area (Å²) in [5, 5.41) is 0. The lowest BCUT2D eigenvalue weighted by atomic mass is 9.88. The maximum Gasteiger partial charge on any atom is 0.123 e. The molecule has 0 unspecified atom stereocenters. The Morgan fingerprint density at radius 3 is 2.57 bits per heavy atom. The van der Waals surface area contributed by atoms with Crippen LogP contribution in [0.3, 0.4) is 0 Å². The molecule has 0 heterocycles. The van der Waals surface area contributed by atoms with Gasteiger partial charge < -0.3 is 9.53 Å². The molecule has 0 aliphatic rings. The third-order valence-corrected chi connectivity index (χ3v) is 3.53. The van der Waals surface area contributed by atoms with Gasteiger partial charge in [-0.05, 0) is 23.3 Å². The summed E-state index contributed by atoms with van der Waals surface area (Å²) in [5.41, 5.74) is 2.18. The second-order valence-corrected chi connectivity index (χ2v) is 5.10. The van der Waals surface area contributed by atoms with Crippen LogP contribution in [-0.4, -0.2) is 6.29 Å². The van der Waals surface area contributed by atoms with Crippen molar-refractivity contribution in [3.8, 4) is 5.75 Å². The van der Waals surface area contributed by atoms with E-state index in [0.717, 1.165) is 23.2 Å². The van der Waals surface area contributed by atoms with Gasteiger partial charge in [0, 0.05) is 11.8 Å². The third kappa shape index (κ3) is 4.06. The number of allylic oxidation sites excluding steroid dienone is 1. The zero-order chi connectivity index (χ0) is 15.1. The Morgan fingerprint density at radius 1 is 1.14 bits per heavy atom. The number of carbonyl (C=O) groups excluding carboxylic acids is 1. The molecule has 0 bridgehead atoms. The van der Waals surface area contributed by atoms with Gasteiger partial charge in [-0.2, -0.15) is 0 Å². The molecule has 21 heavy (non-hydrogen) atoms. The van der Waals surface area contributed by atoms with Gasteiger partial charge in [-0.25, -0.2) is 0 Å². The SMILES string of the molecule is C=C[C@@H](c1cccc(OCc2ccccc2)c1)[C@@H](C)C=O. The highest BCUT2D eigenvalue weighted by atomic mass is 16.5. The lowest BCUT2D eigenvalue weighted by Gasteiger charge is -2.17. The van der Waals surface area contributed by atoms with E-state index in [1.165, 1.54) is 0 Å². The van der Waals surface area contributed by atoms with Crippen LogP contribution in [0.25, 0.3) is 0 Å². The molecular weight excluding hydrogens is 260 g/mol. The summed E-state index contributed by atoms with van der Waals surface area (Å²) in [6.45, 7) is 6.26. The Hall–Kier alpha value is -2.35. The maximum absolute atomic E-state index is 11.0. The second-order valence-electron chi connectivity index (χ2n) is 5.10. The summed E-state index contributed by atoms with van der Waals surface area (Å²) in [4.78, 5) is 11.0. The molecule has 2 aromatic carbocycles. The normalized spacial score (nSPS) is 13.2. The highest BCUT2D eigenvalue weighted by Gasteiger charge is 2.15. The van der Waals surface area contributed by atoms with Gasteiger partial charge in [-0.1, -0.05) is 55.5 Å². The number of benzene rings is 2. The lowest BCUT2D eigenvalue weighted by Crippen LogP contribution is -2.08. The van der Waals surface area contributed by atoms with Crippen LogP contribution < -0.4 is 4.74 Å². The molecule has 108 valence electrons. The summed E-state index contributed by atoms with van der Waals surface area (Å²) in [6, 6.07) is 17.9. The van der Waals surface area contributed by atoms with Crippen LogP contribution in [0.4, 0.5) is 0 Å². The fourth-order valence-electron chi connectivity index (χ4n) is 2.29. The smallest absolute Gasteiger partial charge is 0.123 e. The van der Waals surface area contributed by atoms with E-state index in [-0.39, 0.29) is 11.8 Å². The van der Waals surface area contributed by atoms with Crippen molar-refractivity contribution in [2.75, 3.05) is 0 Å². The Morgan fingerprint density at radius 2 is 1.90 bits per heavy atom. The van der Waals surface area contributed by atoms with Gasteiger partial charge in [-0.15, -0.1) is 6.58 Å². The molecule has 2 heteroatoms. The number of aldehydes is 1. The van der Waals surface area contributed by atoms with Crippen LogP contribution in [0.1, 0.15) is 24.0 Å². The average Bonchev–Trinajstić information content (AvgIpc) is 2.55. The molecule has 0 N–H and O–H groups in total. The van der Waals surface area contributed by atoms with Gasteiger partial charge in [0.1, 0.15) is 18.6 Å². The molecule has 0 saturated heterocycles. The first-order chi connectivity index (χ1) is 10.2. The molecule has 2 rings (SSSR count). The molecule has 0 radical (unpaired) electrons. The van der Waals surface area contributed by atoms with Crippen molar-refractivity contribution < 1.29 is 9.53 Å². The predicted molar refractivity (Wildman–Crippen MR) is 85.4 cm³/mol. The average molecular weight is 280 g/mol. The second kappa shape index (κ2) is 7.44. The van der Waals surface area contributed by atoms with Crippen molar-refractivity contribution in [1.29, 1.82) is 0 Å². The molecule has 0 aliphatic carbocycles. The fourth-order valence-corrected chi connectivity index (χ4v) is 2.29. The molecule has 0 aliphatic heterocycles. The van der Waals surface area contributed by atoms with E-state index >= 15 is 0 Å². The van der Waals surface area contributed by atoms with Crippen molar-refractivity contribution in [2.24, 2.45) is 5.92 Å². The van der Waals surface area contributed by atoms with Gasteiger partial charge in [0.25, 0.3) is 0 Å². The molecule has 0 fully saturated rings. The van der Waals surface area contributed by atoms with E-state index in [9.17, 15) is 4.79 Å². The maximum atomic E-state index is 11.0. The van der Waals surface area contributed by atoms with Crippen LogP contribution >= 0.6 is 0 Å². The van der Waals surface area contributed by atoms with Gasteiger partial charge in [0.2, 0.25) is 0 Å². The highest BCUT2D eigenvalue weighted by molar-refractivity contribution is 5.56. The van der Waals surface area contributed by atoms with E-state index in [4.69, 9.17) is 4.74 Å². The first kappa shape index (κ1) is 15.0. The molecule has 2 nitrogen and oxygen atoms in total. The highest BCUT2D eigenvalue weighted by Crippen LogP contribution is 2.27. The zero-order valence-corrected chi connectivity index (χ0v) is 12.2. The number of ether oxygens (including phenoxy) is 1. The van der Waals surface area contributed by atoms with Crippen molar-refractivity contribution in [2.45, 2.75) is 19.4 Å². The molecule has 2 aromatic rings. The van der Waals surface area contributed by atoms with Crippen LogP contribution in [0.2, 0.25) is 0 Å². The quantitative estimate of drug-likeness (QED) is 0.556. The Bertz CT molecular complexity index is 590. The minimum atomic E-state index is -0.0909. The van der Waals surface area contributed by atoms with E-state index in [1.54, 1.807) is 0 Å². The third-order valence-electron chi connectivity index (χ3n) is 3.53. The summed E-state index contributed by atoms with van der Waals surface area (Å²) >= 11 is 0. The number of hydrogen-bond acceptors (Lipinski definition) is 2. The molecule has 0 spiro atoms. The van der Waals surface area contributed by atoms with Crippen LogP contribution in [0.15, 0.2) is 67.3 Å². The molecule has 0 saturated carbocycles. The van der Waals surface area contributed by atoms with Gasteiger partial charge in [-0.3, -0.25) is 0 Å². The molecule has 0 aromatic heterocycles. The first-order valence-electron chi connectivity index (χ1n) is 7.09. The van der Waals surface area contributed by atoms with Crippen LogP contribution in [0, 0.1) is 5.92 Å². The van der Waals surface area contributed by atoms with Crippen molar-refractivity contribution in [3.05, 3.63) is 78.4 Å². The summed E-state index contributed by atoms with van der Waals surface area (Å²) in [6.07, 6.45) is 2.78. The number of hydrogen-bond donors (Lipinski definition) is 0. The molecule has 2 atom stereocenters. The van der Waals surface area contributed by atoms with E-state index < -0.39 is 0 Å². The number of rotatable bonds is 7. The predicted octanol–water partition coefficient (Wildman–Crippen LogP) is 4.37. The largest absolute Gasteiger partial charge is 0.489 e. The summed E-state index contributed by atoms with van der Waals surface area (Å²) in [5.74, 6) is 0.732. The van der Waals surface area contributed by atoms with Crippen LogP contribution in [0.5, 0.6) is 5.75 Å². The fraction of sp³-hybridized carbons (Fsp3) is 0.211. The monoisotopic (exact) mass is 280 g/mol. The standard InChI is InChI=1S/C19H20O2/c1-3-19(15(2)13-20)17-10-7-11-18(12-17)21-14-16-8-5-4-6-9-16/h3-13,15,19H,1,14H2,2H3/t15-,19+/m0/s1. The van der Waals surface area contributed by atoms with Crippen LogP contribution in [-0.2, 0) is 11.4 Å².